The number of halogens is 3. The SMILES string of the molecule is CN(C1CCNC1)S(=O)(=O)c1ccc(F)c(Br)c1.Cl. The molecule has 1 atom stereocenters. The van der Waals surface area contributed by atoms with E-state index in [0.717, 1.165) is 19.0 Å². The fourth-order valence-corrected chi connectivity index (χ4v) is 3.89. The molecule has 1 unspecified atom stereocenters. The lowest BCUT2D eigenvalue weighted by atomic mass is 10.3. The largest absolute Gasteiger partial charge is 0.315 e. The molecule has 1 N–H and O–H groups in total. The van der Waals surface area contributed by atoms with Crippen LogP contribution in [0.3, 0.4) is 0 Å². The highest BCUT2D eigenvalue weighted by Crippen LogP contribution is 2.24. The summed E-state index contributed by atoms with van der Waals surface area (Å²) in [6.07, 6.45) is 0.790. The molecule has 1 aromatic rings. The van der Waals surface area contributed by atoms with Crippen LogP contribution in [0.5, 0.6) is 0 Å². The number of likely N-dealkylation sites (N-methyl/N-ethyl adjacent to an activating group) is 1. The molecule has 0 aromatic heterocycles. The van der Waals surface area contributed by atoms with E-state index in [1.165, 1.54) is 16.4 Å². The maximum atomic E-state index is 13.1. The summed E-state index contributed by atoms with van der Waals surface area (Å²) in [4.78, 5) is 0.102. The van der Waals surface area contributed by atoms with Gasteiger partial charge in [0.2, 0.25) is 10.0 Å². The molecule has 0 saturated carbocycles. The Kier molecular flexibility index (Phi) is 5.76. The third-order valence-corrected chi connectivity index (χ3v) is 5.63. The Hall–Kier alpha value is -0.210. The van der Waals surface area contributed by atoms with Gasteiger partial charge in [0, 0.05) is 19.6 Å². The minimum absolute atomic E-state index is 0. The molecule has 1 aromatic carbocycles. The maximum Gasteiger partial charge on any atom is 0.243 e. The predicted octanol–water partition coefficient (Wildman–Crippen LogP) is 1.99. The highest BCUT2D eigenvalue weighted by Gasteiger charge is 2.30. The molecular formula is C11H15BrClFN2O2S. The summed E-state index contributed by atoms with van der Waals surface area (Å²) >= 11 is 3.00. The second-order valence-electron chi connectivity index (χ2n) is 4.24. The van der Waals surface area contributed by atoms with E-state index in [0.29, 0.717) is 6.54 Å². The van der Waals surface area contributed by atoms with E-state index in [9.17, 15) is 12.8 Å². The third-order valence-electron chi connectivity index (χ3n) is 3.12. The van der Waals surface area contributed by atoms with Crippen molar-refractivity contribution in [1.29, 1.82) is 0 Å². The molecule has 0 spiro atoms. The maximum absolute atomic E-state index is 13.1. The second kappa shape index (κ2) is 6.49. The van der Waals surface area contributed by atoms with Gasteiger partial charge in [0.05, 0.1) is 9.37 Å². The summed E-state index contributed by atoms with van der Waals surface area (Å²) in [5.74, 6) is -0.473. The van der Waals surface area contributed by atoms with Gasteiger partial charge in [-0.2, -0.15) is 4.31 Å². The van der Waals surface area contributed by atoms with Crippen molar-refractivity contribution in [2.45, 2.75) is 17.4 Å². The standard InChI is InChI=1S/C11H14BrFN2O2S.ClH/c1-15(8-4-5-14-7-8)18(16,17)9-2-3-11(13)10(12)6-9;/h2-3,6,8,14H,4-5,7H2,1H3;1H. The van der Waals surface area contributed by atoms with E-state index in [1.807, 2.05) is 0 Å². The molecule has 0 aliphatic carbocycles. The molecule has 4 nitrogen and oxygen atoms in total. The van der Waals surface area contributed by atoms with E-state index in [2.05, 4.69) is 21.2 Å². The van der Waals surface area contributed by atoms with Crippen LogP contribution < -0.4 is 5.32 Å². The Morgan fingerprint density at radius 3 is 2.68 bits per heavy atom. The monoisotopic (exact) mass is 372 g/mol. The summed E-state index contributed by atoms with van der Waals surface area (Å²) in [5.41, 5.74) is 0. The highest BCUT2D eigenvalue weighted by atomic mass is 79.9. The van der Waals surface area contributed by atoms with Crippen molar-refractivity contribution in [3.05, 3.63) is 28.5 Å². The molecular weight excluding hydrogens is 359 g/mol. The van der Waals surface area contributed by atoms with Gasteiger partial charge in [-0.1, -0.05) is 0 Å². The van der Waals surface area contributed by atoms with Gasteiger partial charge in [-0.3, -0.25) is 0 Å². The van der Waals surface area contributed by atoms with Crippen LogP contribution in [0, 0.1) is 5.82 Å². The Balaban J connectivity index is 0.00000180. The zero-order valence-electron chi connectivity index (χ0n) is 10.3. The van der Waals surface area contributed by atoms with Gasteiger partial charge in [0.15, 0.2) is 0 Å². The van der Waals surface area contributed by atoms with Gasteiger partial charge in [0.25, 0.3) is 0 Å². The van der Waals surface area contributed by atoms with Crippen molar-refractivity contribution in [3.63, 3.8) is 0 Å². The third kappa shape index (κ3) is 3.46. The fraction of sp³-hybridized carbons (Fsp3) is 0.455. The van der Waals surface area contributed by atoms with E-state index >= 15 is 0 Å². The quantitative estimate of drug-likeness (QED) is 0.881. The minimum atomic E-state index is -3.56. The van der Waals surface area contributed by atoms with Crippen LogP contribution in [0.1, 0.15) is 6.42 Å². The van der Waals surface area contributed by atoms with Crippen molar-refractivity contribution < 1.29 is 12.8 Å². The van der Waals surface area contributed by atoms with E-state index < -0.39 is 15.8 Å². The zero-order chi connectivity index (χ0) is 13.3. The number of nitrogens with zero attached hydrogens (tertiary/aromatic N) is 1. The number of hydrogen-bond acceptors (Lipinski definition) is 3. The van der Waals surface area contributed by atoms with Crippen LogP contribution in [0.25, 0.3) is 0 Å². The summed E-state index contributed by atoms with van der Waals surface area (Å²) in [5, 5.41) is 3.12. The lowest BCUT2D eigenvalue weighted by Gasteiger charge is -2.23. The molecule has 1 aliphatic rings. The first kappa shape index (κ1) is 16.8. The first-order valence-electron chi connectivity index (χ1n) is 5.57. The van der Waals surface area contributed by atoms with Gasteiger partial charge in [0.1, 0.15) is 5.82 Å². The second-order valence-corrected chi connectivity index (χ2v) is 7.10. The van der Waals surface area contributed by atoms with Crippen LogP contribution in [0.4, 0.5) is 4.39 Å². The molecule has 1 heterocycles. The average Bonchev–Trinajstić information content (AvgIpc) is 2.85. The molecule has 1 saturated heterocycles. The summed E-state index contributed by atoms with van der Waals surface area (Å²) in [6, 6.07) is 3.69. The van der Waals surface area contributed by atoms with Crippen molar-refractivity contribution in [2.24, 2.45) is 0 Å². The van der Waals surface area contributed by atoms with E-state index in [-0.39, 0.29) is 27.8 Å². The number of nitrogens with one attached hydrogen (secondary N) is 1. The molecule has 8 heteroatoms. The number of hydrogen-bond donors (Lipinski definition) is 1. The van der Waals surface area contributed by atoms with Crippen molar-refractivity contribution in [3.8, 4) is 0 Å². The molecule has 1 aliphatic heterocycles. The van der Waals surface area contributed by atoms with Gasteiger partial charge < -0.3 is 5.32 Å². The summed E-state index contributed by atoms with van der Waals surface area (Å²) < 4.78 is 39.3. The number of sulfonamides is 1. The topological polar surface area (TPSA) is 49.4 Å². The number of benzene rings is 1. The summed E-state index contributed by atoms with van der Waals surface area (Å²) in [6.45, 7) is 1.47. The van der Waals surface area contributed by atoms with Crippen LogP contribution in [-0.4, -0.2) is 38.9 Å². The minimum Gasteiger partial charge on any atom is -0.315 e. The molecule has 0 bridgehead atoms. The molecule has 108 valence electrons. The zero-order valence-corrected chi connectivity index (χ0v) is 13.5. The Morgan fingerprint density at radius 1 is 1.47 bits per heavy atom. The van der Waals surface area contributed by atoms with Crippen molar-refractivity contribution >= 4 is 38.4 Å². The predicted molar refractivity (Wildman–Crippen MR) is 77.6 cm³/mol. The lowest BCUT2D eigenvalue weighted by Crippen LogP contribution is -2.38. The molecule has 19 heavy (non-hydrogen) atoms. The highest BCUT2D eigenvalue weighted by molar-refractivity contribution is 9.10. The molecule has 0 amide bonds. The lowest BCUT2D eigenvalue weighted by molar-refractivity contribution is 0.387. The van der Waals surface area contributed by atoms with Crippen molar-refractivity contribution in [1.82, 2.24) is 9.62 Å². The average molecular weight is 374 g/mol. The summed E-state index contributed by atoms with van der Waals surface area (Å²) in [7, 11) is -2.01. The van der Waals surface area contributed by atoms with Gasteiger partial charge in [-0.05, 0) is 47.1 Å². The van der Waals surface area contributed by atoms with Crippen LogP contribution in [-0.2, 0) is 10.0 Å². The molecule has 0 radical (unpaired) electrons. The van der Waals surface area contributed by atoms with E-state index in [4.69, 9.17) is 0 Å². The number of rotatable bonds is 3. The van der Waals surface area contributed by atoms with Crippen LogP contribution in [0.2, 0.25) is 0 Å². The Bertz CT molecular complexity index is 550. The van der Waals surface area contributed by atoms with Gasteiger partial charge >= 0.3 is 0 Å². The van der Waals surface area contributed by atoms with Gasteiger partial charge in [-0.25, -0.2) is 12.8 Å². The van der Waals surface area contributed by atoms with Gasteiger partial charge in [-0.15, -0.1) is 12.4 Å². The molecule has 2 rings (SSSR count). The van der Waals surface area contributed by atoms with Crippen LogP contribution in [0.15, 0.2) is 27.6 Å². The first-order chi connectivity index (χ1) is 8.43. The fourth-order valence-electron chi connectivity index (χ4n) is 1.95. The normalized spacial score (nSPS) is 19.5. The smallest absolute Gasteiger partial charge is 0.243 e. The van der Waals surface area contributed by atoms with E-state index in [1.54, 1.807) is 7.05 Å². The Labute approximate surface area is 127 Å². The molecule has 1 fully saturated rings. The Morgan fingerprint density at radius 2 is 2.16 bits per heavy atom. The first-order valence-corrected chi connectivity index (χ1v) is 7.80. The van der Waals surface area contributed by atoms with Crippen molar-refractivity contribution in [2.75, 3.05) is 20.1 Å². The van der Waals surface area contributed by atoms with Crippen LogP contribution >= 0.6 is 28.3 Å².